The van der Waals surface area contributed by atoms with Crippen molar-refractivity contribution >= 4 is 11.6 Å². The van der Waals surface area contributed by atoms with Crippen molar-refractivity contribution in [3.05, 3.63) is 34.9 Å². The monoisotopic (exact) mass is 330 g/mol. The maximum absolute atomic E-state index is 12.5. The molecule has 0 spiro atoms. The molecule has 2 unspecified atom stereocenters. The predicted molar refractivity (Wildman–Crippen MR) is 92.8 cm³/mol. The van der Waals surface area contributed by atoms with Gasteiger partial charge in [-0.3, -0.25) is 9.20 Å². The second kappa shape index (κ2) is 6.42. The highest BCUT2D eigenvalue weighted by Gasteiger charge is 2.34. The Morgan fingerprint density at radius 1 is 1.29 bits per heavy atom. The Labute approximate surface area is 141 Å². The Balaban J connectivity index is 1.72. The van der Waals surface area contributed by atoms with Crippen LogP contribution in [0.25, 0.3) is 5.65 Å². The highest BCUT2D eigenvalue weighted by Crippen LogP contribution is 2.37. The second-order valence-corrected chi connectivity index (χ2v) is 7.80. The van der Waals surface area contributed by atoms with E-state index in [0.29, 0.717) is 11.6 Å². The number of hydrogen-bond acceptors (Lipinski definition) is 3. The number of aromatic nitrogens is 3. The van der Waals surface area contributed by atoms with E-state index in [9.17, 15) is 9.59 Å². The summed E-state index contributed by atoms with van der Waals surface area (Å²) in [5.74, 6) is 0.328. The molecule has 0 saturated heterocycles. The number of rotatable bonds is 3. The van der Waals surface area contributed by atoms with Crippen LogP contribution in [0.2, 0.25) is 0 Å². The molecule has 0 aliphatic heterocycles. The molecule has 1 fully saturated rings. The van der Waals surface area contributed by atoms with Crippen LogP contribution in [0.5, 0.6) is 0 Å². The van der Waals surface area contributed by atoms with E-state index in [-0.39, 0.29) is 29.6 Å². The Kier molecular flexibility index (Phi) is 4.47. The summed E-state index contributed by atoms with van der Waals surface area (Å²) in [6.07, 6.45) is 6.18. The molecule has 2 atom stereocenters. The Morgan fingerprint density at radius 3 is 2.75 bits per heavy atom. The topological polar surface area (TPSA) is 68.4 Å². The van der Waals surface area contributed by atoms with Crippen LogP contribution < -0.4 is 11.0 Å². The standard InChI is InChI=1S/C18H26N4O2/c1-18(2,3)13-8-4-5-9-14(13)19-16(23)12-22-17(24)21-11-7-6-10-15(21)20-22/h6-7,10-11,13-14H,4-5,8-9,12H2,1-3H3,(H,19,23). The molecule has 0 aromatic carbocycles. The average molecular weight is 330 g/mol. The lowest BCUT2D eigenvalue weighted by atomic mass is 9.69. The fourth-order valence-corrected chi connectivity index (χ4v) is 3.80. The molecule has 130 valence electrons. The summed E-state index contributed by atoms with van der Waals surface area (Å²) >= 11 is 0. The third kappa shape index (κ3) is 3.37. The number of carbonyl (C=O) groups excluding carboxylic acids is 1. The quantitative estimate of drug-likeness (QED) is 0.938. The molecule has 1 aliphatic rings. The maximum Gasteiger partial charge on any atom is 0.350 e. The number of amides is 1. The molecular formula is C18H26N4O2. The first-order chi connectivity index (χ1) is 11.4. The third-order valence-corrected chi connectivity index (χ3v) is 5.01. The largest absolute Gasteiger partial charge is 0.351 e. The lowest BCUT2D eigenvalue weighted by Gasteiger charge is -2.40. The van der Waals surface area contributed by atoms with E-state index in [4.69, 9.17) is 0 Å². The molecule has 2 aromatic rings. The molecule has 6 heteroatoms. The van der Waals surface area contributed by atoms with Crippen molar-refractivity contribution in [3.63, 3.8) is 0 Å². The van der Waals surface area contributed by atoms with Crippen LogP contribution in [-0.4, -0.2) is 26.1 Å². The molecule has 1 aliphatic carbocycles. The average Bonchev–Trinajstić information content (AvgIpc) is 2.83. The summed E-state index contributed by atoms with van der Waals surface area (Å²) in [5.41, 5.74) is 0.440. The fraction of sp³-hybridized carbons (Fsp3) is 0.611. The van der Waals surface area contributed by atoms with Crippen molar-refractivity contribution in [1.82, 2.24) is 19.5 Å². The van der Waals surface area contributed by atoms with Crippen molar-refractivity contribution < 1.29 is 4.79 Å². The van der Waals surface area contributed by atoms with Crippen LogP contribution in [0.4, 0.5) is 0 Å². The van der Waals surface area contributed by atoms with Gasteiger partial charge in [-0.1, -0.05) is 39.7 Å². The van der Waals surface area contributed by atoms with E-state index in [1.807, 2.05) is 6.07 Å². The van der Waals surface area contributed by atoms with E-state index < -0.39 is 0 Å². The number of nitrogens with zero attached hydrogens (tertiary/aromatic N) is 3. The zero-order chi connectivity index (χ0) is 17.3. The summed E-state index contributed by atoms with van der Waals surface area (Å²) in [5, 5.41) is 7.37. The van der Waals surface area contributed by atoms with Crippen molar-refractivity contribution in [1.29, 1.82) is 0 Å². The highest BCUT2D eigenvalue weighted by atomic mass is 16.2. The van der Waals surface area contributed by atoms with Gasteiger partial charge < -0.3 is 5.32 Å². The molecule has 6 nitrogen and oxygen atoms in total. The van der Waals surface area contributed by atoms with Crippen LogP contribution in [0, 0.1) is 11.3 Å². The normalized spacial score (nSPS) is 21.8. The first kappa shape index (κ1) is 16.7. The van der Waals surface area contributed by atoms with E-state index >= 15 is 0 Å². The van der Waals surface area contributed by atoms with E-state index in [0.717, 1.165) is 19.3 Å². The molecule has 24 heavy (non-hydrogen) atoms. The van der Waals surface area contributed by atoms with Gasteiger partial charge >= 0.3 is 5.69 Å². The van der Waals surface area contributed by atoms with Crippen LogP contribution >= 0.6 is 0 Å². The first-order valence-electron chi connectivity index (χ1n) is 8.70. The van der Waals surface area contributed by atoms with Crippen LogP contribution in [0.1, 0.15) is 46.5 Å². The van der Waals surface area contributed by atoms with Gasteiger partial charge in [0, 0.05) is 12.2 Å². The van der Waals surface area contributed by atoms with Gasteiger partial charge in [0.1, 0.15) is 6.54 Å². The molecule has 2 aromatic heterocycles. The smallest absolute Gasteiger partial charge is 0.350 e. The Bertz CT molecular complexity index is 784. The molecule has 1 N–H and O–H groups in total. The molecule has 2 heterocycles. The van der Waals surface area contributed by atoms with Gasteiger partial charge in [-0.15, -0.1) is 5.10 Å². The predicted octanol–water partition coefficient (Wildman–Crippen LogP) is 2.22. The minimum Gasteiger partial charge on any atom is -0.351 e. The van der Waals surface area contributed by atoms with Gasteiger partial charge in [-0.25, -0.2) is 9.48 Å². The minimum atomic E-state index is -0.281. The van der Waals surface area contributed by atoms with Crippen molar-refractivity contribution in [2.45, 2.75) is 59.0 Å². The fourth-order valence-electron chi connectivity index (χ4n) is 3.80. The van der Waals surface area contributed by atoms with Crippen LogP contribution in [0.3, 0.4) is 0 Å². The molecule has 3 rings (SSSR count). The molecule has 1 amide bonds. The number of nitrogens with one attached hydrogen (secondary N) is 1. The maximum atomic E-state index is 12.5. The van der Waals surface area contributed by atoms with Gasteiger partial charge in [0.05, 0.1) is 0 Å². The van der Waals surface area contributed by atoms with Crippen LogP contribution in [-0.2, 0) is 11.3 Å². The van der Waals surface area contributed by atoms with E-state index in [1.54, 1.807) is 18.3 Å². The van der Waals surface area contributed by atoms with Gasteiger partial charge in [0.2, 0.25) is 5.91 Å². The number of carbonyl (C=O) groups is 1. The summed E-state index contributed by atoms with van der Waals surface area (Å²) in [6.45, 7) is 6.66. The van der Waals surface area contributed by atoms with Gasteiger partial charge in [-0.2, -0.15) is 0 Å². The molecule has 0 radical (unpaired) electrons. The van der Waals surface area contributed by atoms with E-state index in [2.05, 4.69) is 31.2 Å². The van der Waals surface area contributed by atoms with Crippen LogP contribution in [0.15, 0.2) is 29.2 Å². The van der Waals surface area contributed by atoms with Crippen molar-refractivity contribution in [2.75, 3.05) is 0 Å². The number of fused-ring (bicyclic) bond motifs is 1. The molecular weight excluding hydrogens is 304 g/mol. The summed E-state index contributed by atoms with van der Waals surface area (Å²) < 4.78 is 2.69. The van der Waals surface area contributed by atoms with Crippen molar-refractivity contribution in [2.24, 2.45) is 11.3 Å². The Morgan fingerprint density at radius 2 is 2.04 bits per heavy atom. The SMILES string of the molecule is CC(C)(C)C1CCCCC1NC(=O)Cn1nc2ccccn2c1=O. The third-order valence-electron chi connectivity index (χ3n) is 5.01. The zero-order valence-electron chi connectivity index (χ0n) is 14.7. The van der Waals surface area contributed by atoms with Gasteiger partial charge in [0.25, 0.3) is 0 Å². The lowest BCUT2D eigenvalue weighted by molar-refractivity contribution is -0.123. The number of pyridine rings is 1. The van der Waals surface area contributed by atoms with Crippen molar-refractivity contribution in [3.8, 4) is 0 Å². The zero-order valence-corrected chi connectivity index (χ0v) is 14.7. The number of hydrogen-bond donors (Lipinski definition) is 1. The second-order valence-electron chi connectivity index (χ2n) is 7.80. The summed E-state index contributed by atoms with van der Waals surface area (Å²) in [4.78, 5) is 24.7. The lowest BCUT2D eigenvalue weighted by Crippen LogP contribution is -2.48. The molecule has 1 saturated carbocycles. The summed E-state index contributed by atoms with van der Waals surface area (Å²) in [7, 11) is 0. The van der Waals surface area contributed by atoms with Gasteiger partial charge in [-0.05, 0) is 36.3 Å². The molecule has 0 bridgehead atoms. The minimum absolute atomic E-state index is 0.0339. The van der Waals surface area contributed by atoms with Gasteiger partial charge in [0.15, 0.2) is 5.65 Å². The highest BCUT2D eigenvalue weighted by molar-refractivity contribution is 5.76. The Hall–Kier alpha value is -2.11. The first-order valence-corrected chi connectivity index (χ1v) is 8.70. The summed E-state index contributed by atoms with van der Waals surface area (Å²) in [6, 6.07) is 5.53. The van der Waals surface area contributed by atoms with E-state index in [1.165, 1.54) is 15.5 Å².